The highest BCUT2D eigenvalue weighted by Gasteiger charge is 2.20. The zero-order valence-corrected chi connectivity index (χ0v) is 12.3. The van der Waals surface area contributed by atoms with E-state index in [1.807, 2.05) is 40.1 Å². The smallest absolute Gasteiger partial charge is 0.187 e. The lowest BCUT2D eigenvalue weighted by Crippen LogP contribution is -2.30. The van der Waals surface area contributed by atoms with Gasteiger partial charge in [0.1, 0.15) is 0 Å². The van der Waals surface area contributed by atoms with Crippen LogP contribution in [0.3, 0.4) is 0 Å². The van der Waals surface area contributed by atoms with Crippen LogP contribution >= 0.6 is 0 Å². The van der Waals surface area contributed by atoms with Crippen LogP contribution in [0.4, 0.5) is 0 Å². The second kappa shape index (κ2) is 4.20. The number of hydrogen-bond acceptors (Lipinski definition) is 2. The van der Waals surface area contributed by atoms with Crippen LogP contribution in [-0.4, -0.2) is 9.13 Å². The first-order valence-electron chi connectivity index (χ1n) is 6.79. The summed E-state index contributed by atoms with van der Waals surface area (Å²) in [6.07, 6.45) is 3.80. The first kappa shape index (κ1) is 12.9. The number of aromatic nitrogens is 2. The van der Waals surface area contributed by atoms with Gasteiger partial charge in [-0.1, -0.05) is 0 Å². The van der Waals surface area contributed by atoms with E-state index in [1.165, 1.54) is 0 Å². The Labute approximate surface area is 117 Å². The van der Waals surface area contributed by atoms with Gasteiger partial charge in [-0.25, -0.2) is 0 Å². The van der Waals surface area contributed by atoms with Crippen LogP contribution in [0.15, 0.2) is 22.0 Å². The Hall–Kier alpha value is -2.10. The number of pyridine rings is 2. The molecule has 0 aliphatic carbocycles. The normalized spacial score (nSPS) is 13.0. The molecular weight excluding hydrogens is 252 g/mol. The summed E-state index contributed by atoms with van der Waals surface area (Å²) < 4.78 is 4.20. The van der Waals surface area contributed by atoms with E-state index in [0.29, 0.717) is 13.1 Å². The monoisotopic (exact) mass is 270 g/mol. The number of rotatable bonds is 0. The summed E-state index contributed by atoms with van der Waals surface area (Å²) in [5.74, 6) is 0. The van der Waals surface area contributed by atoms with E-state index >= 15 is 0 Å². The van der Waals surface area contributed by atoms with Crippen molar-refractivity contribution in [1.82, 2.24) is 9.13 Å². The van der Waals surface area contributed by atoms with Gasteiger partial charge in [-0.2, -0.15) is 0 Å². The third-order valence-electron chi connectivity index (χ3n) is 4.30. The molecule has 104 valence electrons. The van der Waals surface area contributed by atoms with Crippen molar-refractivity contribution in [2.24, 2.45) is 0 Å². The van der Waals surface area contributed by atoms with Crippen molar-refractivity contribution in [3.8, 4) is 0 Å². The predicted molar refractivity (Wildman–Crippen MR) is 78.6 cm³/mol. The molecule has 0 spiro atoms. The summed E-state index contributed by atoms with van der Waals surface area (Å²) in [5.41, 5.74) is 5.45. The van der Waals surface area contributed by atoms with Crippen LogP contribution in [0, 0.1) is 27.7 Å². The Balaban J connectivity index is 2.27. The molecule has 3 rings (SSSR count). The molecule has 0 N–H and O–H groups in total. The highest BCUT2D eigenvalue weighted by molar-refractivity contribution is 5.33. The van der Waals surface area contributed by atoms with Gasteiger partial charge in [-0.3, -0.25) is 9.59 Å². The lowest BCUT2D eigenvalue weighted by atomic mass is 10.1. The zero-order chi connectivity index (χ0) is 14.6. The molecule has 1 aliphatic heterocycles. The van der Waals surface area contributed by atoms with Gasteiger partial charge in [0.2, 0.25) is 0 Å². The fourth-order valence-electron chi connectivity index (χ4n) is 3.05. The lowest BCUT2D eigenvalue weighted by Gasteiger charge is -2.27. The third-order valence-corrected chi connectivity index (χ3v) is 4.30. The molecule has 0 unspecified atom stereocenters. The summed E-state index contributed by atoms with van der Waals surface area (Å²) >= 11 is 0. The largest absolute Gasteiger partial charge is 0.343 e. The van der Waals surface area contributed by atoms with Crippen LogP contribution in [0.5, 0.6) is 0 Å². The maximum absolute atomic E-state index is 12.1. The number of fused-ring (bicyclic) bond motifs is 2. The van der Waals surface area contributed by atoms with Gasteiger partial charge in [0, 0.05) is 46.0 Å². The van der Waals surface area contributed by atoms with Crippen LogP contribution in [0.25, 0.3) is 0 Å². The van der Waals surface area contributed by atoms with E-state index in [0.717, 1.165) is 33.6 Å². The van der Waals surface area contributed by atoms with Crippen molar-refractivity contribution in [1.29, 1.82) is 0 Å². The van der Waals surface area contributed by atoms with E-state index in [1.54, 1.807) is 0 Å². The second-order valence-electron chi connectivity index (χ2n) is 5.68. The topological polar surface area (TPSA) is 44.0 Å². The quantitative estimate of drug-likeness (QED) is 0.623. The molecule has 2 aromatic rings. The molecule has 0 fully saturated rings. The summed E-state index contributed by atoms with van der Waals surface area (Å²) in [5, 5.41) is 0. The molecule has 0 bridgehead atoms. The van der Waals surface area contributed by atoms with Crippen molar-refractivity contribution < 1.29 is 0 Å². The fraction of sp³-hybridized carbons (Fsp3) is 0.375. The highest BCUT2D eigenvalue weighted by Crippen LogP contribution is 2.19. The summed E-state index contributed by atoms with van der Waals surface area (Å²) in [7, 11) is 0. The van der Waals surface area contributed by atoms with Crippen molar-refractivity contribution in [3.05, 3.63) is 66.5 Å². The molecule has 0 saturated heterocycles. The molecule has 20 heavy (non-hydrogen) atoms. The Morgan fingerprint density at radius 3 is 1.45 bits per heavy atom. The molecule has 0 radical (unpaired) electrons. The Bertz CT molecular complexity index is 770. The second-order valence-corrected chi connectivity index (χ2v) is 5.68. The van der Waals surface area contributed by atoms with Gasteiger partial charge < -0.3 is 9.13 Å². The summed E-state index contributed by atoms with van der Waals surface area (Å²) in [6.45, 7) is 8.75. The van der Waals surface area contributed by atoms with Crippen molar-refractivity contribution in [2.75, 3.05) is 0 Å². The van der Waals surface area contributed by atoms with Gasteiger partial charge in [0.15, 0.2) is 10.9 Å². The van der Waals surface area contributed by atoms with Crippen LogP contribution < -0.4 is 10.9 Å². The molecule has 0 aromatic carbocycles. The van der Waals surface area contributed by atoms with E-state index in [4.69, 9.17) is 0 Å². The van der Waals surface area contributed by atoms with Gasteiger partial charge in [-0.15, -0.1) is 0 Å². The van der Waals surface area contributed by atoms with Crippen LogP contribution in [-0.2, 0) is 13.1 Å². The first-order chi connectivity index (χ1) is 9.40. The lowest BCUT2D eigenvalue weighted by molar-refractivity contribution is 0.558. The summed E-state index contributed by atoms with van der Waals surface area (Å²) in [4.78, 5) is 24.1. The van der Waals surface area contributed by atoms with Crippen LogP contribution in [0.2, 0.25) is 0 Å². The van der Waals surface area contributed by atoms with E-state index in [9.17, 15) is 9.59 Å². The standard InChI is InChI=1S/C16H18N2O2/c1-9-5-17-7-14-12(4)16(20)10(2)6-18(14)8-13(17)11(3)15(9)19/h5-6H,7-8H2,1-4H3. The van der Waals surface area contributed by atoms with Crippen molar-refractivity contribution in [2.45, 2.75) is 40.8 Å². The van der Waals surface area contributed by atoms with Gasteiger partial charge in [-0.05, 0) is 27.7 Å². The van der Waals surface area contributed by atoms with Gasteiger partial charge in [0.25, 0.3) is 0 Å². The first-order valence-corrected chi connectivity index (χ1v) is 6.79. The fourth-order valence-corrected chi connectivity index (χ4v) is 3.05. The number of nitrogens with zero attached hydrogens (tertiary/aromatic N) is 2. The average Bonchev–Trinajstić information content (AvgIpc) is 2.42. The van der Waals surface area contributed by atoms with E-state index < -0.39 is 0 Å². The van der Waals surface area contributed by atoms with Crippen molar-refractivity contribution >= 4 is 0 Å². The Morgan fingerprint density at radius 1 is 0.750 bits per heavy atom. The Morgan fingerprint density at radius 2 is 1.10 bits per heavy atom. The maximum Gasteiger partial charge on any atom is 0.187 e. The average molecular weight is 270 g/mol. The molecule has 4 nitrogen and oxygen atoms in total. The van der Waals surface area contributed by atoms with Gasteiger partial charge >= 0.3 is 0 Å². The SMILES string of the molecule is Cc1cn2c(c(C)c1=O)Cn1cc(C)c(=O)c(C)c1C2. The minimum atomic E-state index is 0.120. The highest BCUT2D eigenvalue weighted by atomic mass is 16.1. The molecule has 1 aliphatic rings. The van der Waals surface area contributed by atoms with Crippen LogP contribution in [0.1, 0.15) is 33.6 Å². The molecule has 0 atom stereocenters. The Kier molecular flexibility index (Phi) is 2.71. The molecular formula is C16H18N2O2. The number of hydrogen-bond donors (Lipinski definition) is 0. The zero-order valence-electron chi connectivity index (χ0n) is 12.3. The maximum atomic E-state index is 12.1. The molecule has 3 heterocycles. The van der Waals surface area contributed by atoms with Crippen molar-refractivity contribution in [3.63, 3.8) is 0 Å². The van der Waals surface area contributed by atoms with Gasteiger partial charge in [0.05, 0.1) is 13.1 Å². The van der Waals surface area contributed by atoms with E-state index in [2.05, 4.69) is 9.13 Å². The number of aryl methyl sites for hydroxylation is 2. The molecule has 0 saturated carbocycles. The minimum absolute atomic E-state index is 0.120. The summed E-state index contributed by atoms with van der Waals surface area (Å²) in [6, 6.07) is 0. The predicted octanol–water partition coefficient (Wildman–Crippen LogP) is 1.65. The van der Waals surface area contributed by atoms with E-state index in [-0.39, 0.29) is 10.9 Å². The molecule has 2 aromatic heterocycles. The molecule has 0 amide bonds. The molecule has 4 heteroatoms. The third kappa shape index (κ3) is 1.68. The minimum Gasteiger partial charge on any atom is -0.343 e.